The first-order valence-electron chi connectivity index (χ1n) is 10.6. The van der Waals surface area contributed by atoms with Crippen LogP contribution in [0.4, 0.5) is 5.82 Å². The number of fused-ring (bicyclic) bond motifs is 1. The molecule has 180 valence electrons. The van der Waals surface area contributed by atoms with Gasteiger partial charge in [0.1, 0.15) is 17.3 Å². The zero-order valence-corrected chi connectivity index (χ0v) is 19.4. The number of nitrogens with one attached hydrogen (secondary N) is 2. The molecule has 0 unspecified atom stereocenters. The summed E-state index contributed by atoms with van der Waals surface area (Å²) in [5, 5.41) is 23.0. The molecule has 0 aliphatic heterocycles. The summed E-state index contributed by atoms with van der Waals surface area (Å²) >= 11 is 0. The van der Waals surface area contributed by atoms with Crippen molar-refractivity contribution >= 4 is 17.4 Å². The number of imidazole rings is 1. The number of benzene rings is 2. The highest BCUT2D eigenvalue weighted by Crippen LogP contribution is 2.42. The second kappa shape index (κ2) is 9.15. The van der Waals surface area contributed by atoms with E-state index < -0.39 is 5.91 Å². The van der Waals surface area contributed by atoms with Gasteiger partial charge in [0.15, 0.2) is 23.0 Å². The molecule has 36 heavy (non-hydrogen) atoms. The number of carbonyl (C=O) groups is 1. The van der Waals surface area contributed by atoms with E-state index in [1.807, 2.05) is 18.2 Å². The number of hydrogen-bond acceptors (Lipinski definition) is 9. The predicted octanol–water partition coefficient (Wildman–Crippen LogP) is 3.53. The van der Waals surface area contributed by atoms with E-state index in [2.05, 4.69) is 31.7 Å². The topological polar surface area (TPSA) is 153 Å². The summed E-state index contributed by atoms with van der Waals surface area (Å²) in [4.78, 5) is 17.7. The summed E-state index contributed by atoms with van der Waals surface area (Å²) in [5.41, 5.74) is 2.15. The molecular weight excluding hydrogens is 466 g/mol. The average molecular weight is 485 g/mol. The quantitative estimate of drug-likeness (QED) is 0.352. The molecule has 0 radical (unpaired) electrons. The molecule has 2 N–H and O–H groups in total. The lowest BCUT2D eigenvalue weighted by atomic mass is 10.1. The standard InChI is InChI=1S/C24H19N7O5/c1-33-16-9-14(10-17(34-2)19(16)35-3)18-21(31-20(27-18)15(11-25)12-26-31)28-22(32)24-30-29-23(36-24)13-7-5-4-6-8-13/h4-10,12,26H,1-3H3,(H,28,32). The van der Waals surface area contributed by atoms with Crippen LogP contribution in [-0.2, 0) is 0 Å². The molecule has 12 nitrogen and oxygen atoms in total. The lowest BCUT2D eigenvalue weighted by molar-refractivity contribution is 0.0990. The van der Waals surface area contributed by atoms with Crippen LogP contribution in [0.3, 0.4) is 0 Å². The molecule has 3 aromatic heterocycles. The van der Waals surface area contributed by atoms with Gasteiger partial charge in [0.05, 0.1) is 21.3 Å². The first kappa shape index (κ1) is 22.5. The number of rotatable bonds is 7. The second-order valence-electron chi connectivity index (χ2n) is 7.41. The fourth-order valence-electron chi connectivity index (χ4n) is 3.71. The van der Waals surface area contributed by atoms with Gasteiger partial charge in [-0.1, -0.05) is 18.2 Å². The highest BCUT2D eigenvalue weighted by atomic mass is 16.5. The van der Waals surface area contributed by atoms with Crippen molar-refractivity contribution in [2.45, 2.75) is 0 Å². The van der Waals surface area contributed by atoms with E-state index in [-0.39, 0.29) is 23.2 Å². The second-order valence-corrected chi connectivity index (χ2v) is 7.41. The summed E-state index contributed by atoms with van der Waals surface area (Å²) in [6.45, 7) is 0. The van der Waals surface area contributed by atoms with Crippen molar-refractivity contribution < 1.29 is 23.4 Å². The summed E-state index contributed by atoms with van der Waals surface area (Å²) in [6, 6.07) is 14.5. The van der Waals surface area contributed by atoms with Gasteiger partial charge in [0.2, 0.25) is 11.6 Å². The minimum atomic E-state index is -0.659. The molecule has 0 aliphatic carbocycles. The van der Waals surface area contributed by atoms with Crippen molar-refractivity contribution in [3.05, 3.63) is 60.1 Å². The molecule has 3 heterocycles. The maximum Gasteiger partial charge on any atom is 0.314 e. The Kier molecular flexibility index (Phi) is 5.71. The number of carbonyl (C=O) groups excluding carboxylic acids is 1. The van der Waals surface area contributed by atoms with Gasteiger partial charge in [-0.3, -0.25) is 9.89 Å². The molecular formula is C24H19N7O5. The first-order chi connectivity index (χ1) is 17.6. The fraction of sp³-hybridized carbons (Fsp3) is 0.125. The largest absolute Gasteiger partial charge is 0.493 e. The summed E-state index contributed by atoms with van der Waals surface area (Å²) in [6.07, 6.45) is 1.48. The molecule has 0 atom stereocenters. The number of aromatic amines is 1. The minimum absolute atomic E-state index is 0.204. The Labute approximate surface area is 204 Å². The number of nitrogens with zero attached hydrogens (tertiary/aromatic N) is 5. The number of aromatic nitrogens is 5. The number of amides is 1. The monoisotopic (exact) mass is 485 g/mol. The summed E-state index contributed by atoms with van der Waals surface area (Å²) < 4.78 is 23.4. The van der Waals surface area contributed by atoms with E-state index in [9.17, 15) is 10.1 Å². The highest BCUT2D eigenvalue weighted by molar-refractivity contribution is 6.03. The van der Waals surface area contributed by atoms with E-state index in [1.165, 1.54) is 32.0 Å². The molecule has 0 spiro atoms. The van der Waals surface area contributed by atoms with Crippen LogP contribution in [-0.4, -0.2) is 52.0 Å². The van der Waals surface area contributed by atoms with Crippen LogP contribution in [0.5, 0.6) is 17.2 Å². The molecule has 2 aromatic carbocycles. The number of methoxy groups -OCH3 is 3. The van der Waals surface area contributed by atoms with Gasteiger partial charge >= 0.3 is 11.8 Å². The van der Waals surface area contributed by atoms with Crippen LogP contribution in [0.2, 0.25) is 0 Å². The summed E-state index contributed by atoms with van der Waals surface area (Å²) in [7, 11) is 4.49. The average Bonchev–Trinajstić information content (AvgIpc) is 3.65. The van der Waals surface area contributed by atoms with Crippen LogP contribution in [0.1, 0.15) is 16.2 Å². The number of H-pyrrole nitrogens is 1. The van der Waals surface area contributed by atoms with Gasteiger partial charge < -0.3 is 23.9 Å². The third kappa shape index (κ3) is 3.74. The van der Waals surface area contributed by atoms with Gasteiger partial charge in [-0.05, 0) is 24.3 Å². The molecule has 5 rings (SSSR count). The van der Waals surface area contributed by atoms with Crippen LogP contribution >= 0.6 is 0 Å². The zero-order valence-electron chi connectivity index (χ0n) is 19.4. The molecule has 12 heteroatoms. The van der Waals surface area contributed by atoms with Gasteiger partial charge in [-0.2, -0.15) is 5.26 Å². The van der Waals surface area contributed by atoms with Crippen LogP contribution in [0, 0.1) is 11.3 Å². The van der Waals surface area contributed by atoms with Crippen molar-refractivity contribution in [2.75, 3.05) is 26.6 Å². The van der Waals surface area contributed by atoms with Crippen LogP contribution < -0.4 is 19.5 Å². The Balaban J connectivity index is 1.59. The molecule has 0 fully saturated rings. The Morgan fingerprint density at radius 3 is 2.42 bits per heavy atom. The number of ether oxygens (including phenoxy) is 3. The Morgan fingerprint density at radius 2 is 1.78 bits per heavy atom. The minimum Gasteiger partial charge on any atom is -0.493 e. The van der Waals surface area contributed by atoms with Crippen molar-refractivity contribution in [2.24, 2.45) is 0 Å². The van der Waals surface area contributed by atoms with E-state index in [4.69, 9.17) is 18.6 Å². The Hall–Kier alpha value is -5.31. The van der Waals surface area contributed by atoms with Crippen LogP contribution in [0.15, 0.2) is 53.1 Å². The lowest BCUT2D eigenvalue weighted by Crippen LogP contribution is -2.15. The molecule has 0 saturated carbocycles. The normalized spacial score (nSPS) is 10.7. The van der Waals surface area contributed by atoms with E-state index in [0.29, 0.717) is 39.7 Å². The first-order valence-corrected chi connectivity index (χ1v) is 10.6. The van der Waals surface area contributed by atoms with Gasteiger partial charge in [-0.25, -0.2) is 9.50 Å². The molecule has 0 aliphatic rings. The SMILES string of the molecule is COc1cc(-c2nc3c(C#N)c[nH]n3c2NC(=O)c2nnc(-c3ccccc3)o2)cc(OC)c1OC. The molecule has 5 aromatic rings. The van der Waals surface area contributed by atoms with Crippen molar-refractivity contribution in [1.29, 1.82) is 5.26 Å². The van der Waals surface area contributed by atoms with Crippen molar-refractivity contribution in [1.82, 2.24) is 24.8 Å². The smallest absolute Gasteiger partial charge is 0.314 e. The van der Waals surface area contributed by atoms with Crippen molar-refractivity contribution in [3.63, 3.8) is 0 Å². The maximum absolute atomic E-state index is 13.1. The Morgan fingerprint density at radius 1 is 1.06 bits per heavy atom. The van der Waals surface area contributed by atoms with E-state index in [1.54, 1.807) is 24.3 Å². The lowest BCUT2D eigenvalue weighted by Gasteiger charge is -2.14. The third-order valence-corrected chi connectivity index (χ3v) is 5.39. The third-order valence-electron chi connectivity index (χ3n) is 5.39. The summed E-state index contributed by atoms with van der Waals surface area (Å²) in [5.74, 6) is 0.730. The molecule has 0 bridgehead atoms. The molecule has 1 amide bonds. The number of hydrogen-bond donors (Lipinski definition) is 2. The van der Waals surface area contributed by atoms with Gasteiger partial charge in [-0.15, -0.1) is 10.2 Å². The fourth-order valence-corrected chi connectivity index (χ4v) is 3.71. The zero-order chi connectivity index (χ0) is 25.2. The van der Waals surface area contributed by atoms with E-state index >= 15 is 0 Å². The highest BCUT2D eigenvalue weighted by Gasteiger charge is 2.25. The van der Waals surface area contributed by atoms with Gasteiger partial charge in [0.25, 0.3) is 0 Å². The van der Waals surface area contributed by atoms with Crippen LogP contribution in [0.25, 0.3) is 28.4 Å². The number of nitriles is 1. The van der Waals surface area contributed by atoms with E-state index in [0.717, 1.165) is 0 Å². The maximum atomic E-state index is 13.1. The molecule has 0 saturated heterocycles. The number of anilines is 1. The Bertz CT molecular complexity index is 1590. The predicted molar refractivity (Wildman–Crippen MR) is 127 cm³/mol. The van der Waals surface area contributed by atoms with Crippen molar-refractivity contribution in [3.8, 4) is 46.0 Å². The van der Waals surface area contributed by atoms with Gasteiger partial charge in [0, 0.05) is 17.3 Å².